The van der Waals surface area contributed by atoms with Crippen LogP contribution in [0.25, 0.3) is 0 Å². The van der Waals surface area contributed by atoms with Crippen molar-refractivity contribution in [1.29, 1.82) is 0 Å². The molecule has 82 valence electrons. The Bertz CT molecular complexity index is 305. The summed E-state index contributed by atoms with van der Waals surface area (Å²) in [6, 6.07) is 8.34. The molecule has 1 atom stereocenters. The number of para-hydroxylation sites is 1. The number of hydrogen-bond acceptors (Lipinski definition) is 2. The van der Waals surface area contributed by atoms with Crippen molar-refractivity contribution in [2.75, 3.05) is 13.1 Å². The summed E-state index contributed by atoms with van der Waals surface area (Å²) in [6.45, 7) is 4.29. The number of rotatable bonds is 3. The Morgan fingerprint density at radius 3 is 3.00 bits per heavy atom. The summed E-state index contributed by atoms with van der Waals surface area (Å²) >= 11 is 0. The lowest BCUT2D eigenvalue weighted by atomic mass is 10.1. The van der Waals surface area contributed by atoms with Gasteiger partial charge in [-0.15, -0.1) is 0 Å². The monoisotopic (exact) mass is 205 g/mol. The molecule has 0 amide bonds. The van der Waals surface area contributed by atoms with Crippen molar-refractivity contribution in [3.8, 4) is 5.75 Å². The molecule has 0 aromatic heterocycles. The van der Waals surface area contributed by atoms with Gasteiger partial charge in [0.15, 0.2) is 0 Å². The first kappa shape index (κ1) is 10.5. The topological polar surface area (TPSA) is 21.3 Å². The van der Waals surface area contributed by atoms with E-state index >= 15 is 0 Å². The summed E-state index contributed by atoms with van der Waals surface area (Å²) in [5.74, 6) is 1.06. The SMILES string of the molecule is CCc1ccccc1OC1CCCNC1. The van der Waals surface area contributed by atoms with Crippen LogP contribution >= 0.6 is 0 Å². The lowest BCUT2D eigenvalue weighted by Crippen LogP contribution is -2.37. The first-order valence-electron chi connectivity index (χ1n) is 5.85. The highest BCUT2D eigenvalue weighted by Crippen LogP contribution is 2.21. The Hall–Kier alpha value is -1.02. The Balaban J connectivity index is 2.02. The molecule has 1 N–H and O–H groups in total. The van der Waals surface area contributed by atoms with Crippen molar-refractivity contribution in [2.24, 2.45) is 0 Å². The summed E-state index contributed by atoms with van der Waals surface area (Å²) in [6.07, 6.45) is 3.78. The lowest BCUT2D eigenvalue weighted by Gasteiger charge is -2.25. The highest BCUT2D eigenvalue weighted by Gasteiger charge is 2.15. The molecule has 0 saturated carbocycles. The molecule has 1 fully saturated rings. The number of hydrogen-bond donors (Lipinski definition) is 1. The van der Waals surface area contributed by atoms with Gasteiger partial charge in [-0.2, -0.15) is 0 Å². The number of piperidine rings is 1. The van der Waals surface area contributed by atoms with E-state index in [0.29, 0.717) is 6.10 Å². The molecule has 2 nitrogen and oxygen atoms in total. The van der Waals surface area contributed by atoms with E-state index in [0.717, 1.165) is 25.3 Å². The van der Waals surface area contributed by atoms with E-state index in [1.165, 1.54) is 18.4 Å². The fraction of sp³-hybridized carbons (Fsp3) is 0.538. The van der Waals surface area contributed by atoms with Gasteiger partial charge < -0.3 is 10.1 Å². The lowest BCUT2D eigenvalue weighted by molar-refractivity contribution is 0.165. The van der Waals surface area contributed by atoms with Crippen molar-refractivity contribution < 1.29 is 4.74 Å². The van der Waals surface area contributed by atoms with Crippen molar-refractivity contribution in [2.45, 2.75) is 32.3 Å². The van der Waals surface area contributed by atoms with Crippen molar-refractivity contribution >= 4 is 0 Å². The van der Waals surface area contributed by atoms with Crippen LogP contribution in [0.5, 0.6) is 5.75 Å². The second-order valence-electron chi connectivity index (χ2n) is 4.05. The highest BCUT2D eigenvalue weighted by molar-refractivity contribution is 5.33. The number of ether oxygens (including phenoxy) is 1. The van der Waals surface area contributed by atoms with Gasteiger partial charge in [-0.05, 0) is 37.4 Å². The van der Waals surface area contributed by atoms with E-state index in [-0.39, 0.29) is 0 Å². The minimum atomic E-state index is 0.353. The zero-order valence-corrected chi connectivity index (χ0v) is 9.33. The molecular formula is C13H19NO. The maximum absolute atomic E-state index is 6.01. The molecule has 0 radical (unpaired) electrons. The maximum Gasteiger partial charge on any atom is 0.122 e. The van der Waals surface area contributed by atoms with E-state index in [2.05, 4.69) is 30.4 Å². The molecule has 1 aliphatic rings. The molecule has 1 unspecified atom stereocenters. The fourth-order valence-corrected chi connectivity index (χ4v) is 2.01. The minimum absolute atomic E-state index is 0.353. The molecule has 1 heterocycles. The Labute approximate surface area is 91.6 Å². The first-order valence-corrected chi connectivity index (χ1v) is 5.85. The molecule has 0 spiro atoms. The third-order valence-corrected chi connectivity index (χ3v) is 2.90. The quantitative estimate of drug-likeness (QED) is 0.818. The van der Waals surface area contributed by atoms with E-state index in [1.54, 1.807) is 0 Å². The second kappa shape index (κ2) is 5.17. The van der Waals surface area contributed by atoms with Crippen LogP contribution in [-0.2, 0) is 6.42 Å². The van der Waals surface area contributed by atoms with Gasteiger partial charge in [0.1, 0.15) is 11.9 Å². The Morgan fingerprint density at radius 2 is 2.27 bits per heavy atom. The van der Waals surface area contributed by atoms with Gasteiger partial charge in [0.05, 0.1) is 0 Å². The van der Waals surface area contributed by atoms with Gasteiger partial charge >= 0.3 is 0 Å². The highest BCUT2D eigenvalue weighted by atomic mass is 16.5. The van der Waals surface area contributed by atoms with Crippen LogP contribution in [0.3, 0.4) is 0 Å². The van der Waals surface area contributed by atoms with Crippen LogP contribution in [0.15, 0.2) is 24.3 Å². The van der Waals surface area contributed by atoms with Gasteiger partial charge in [-0.3, -0.25) is 0 Å². The maximum atomic E-state index is 6.01. The molecule has 2 rings (SSSR count). The normalized spacial score (nSPS) is 21.3. The van der Waals surface area contributed by atoms with Crippen LogP contribution in [0.2, 0.25) is 0 Å². The smallest absolute Gasteiger partial charge is 0.122 e. The Kier molecular flexibility index (Phi) is 3.62. The average molecular weight is 205 g/mol. The standard InChI is InChI=1S/C13H19NO/c1-2-11-6-3-4-8-13(11)15-12-7-5-9-14-10-12/h3-4,6,8,12,14H,2,5,7,9-10H2,1H3. The Morgan fingerprint density at radius 1 is 1.40 bits per heavy atom. The van der Waals surface area contributed by atoms with Crippen molar-refractivity contribution in [3.05, 3.63) is 29.8 Å². The predicted molar refractivity (Wildman–Crippen MR) is 62.3 cm³/mol. The first-order chi connectivity index (χ1) is 7.40. The molecule has 1 aromatic carbocycles. The van der Waals surface area contributed by atoms with Crippen LogP contribution in [0.1, 0.15) is 25.3 Å². The van der Waals surface area contributed by atoms with Gasteiger partial charge in [0.2, 0.25) is 0 Å². The third kappa shape index (κ3) is 2.72. The van der Waals surface area contributed by atoms with Crippen LogP contribution in [0.4, 0.5) is 0 Å². The fourth-order valence-electron chi connectivity index (χ4n) is 2.01. The molecule has 1 aromatic rings. The molecule has 0 aliphatic carbocycles. The molecule has 1 saturated heterocycles. The number of benzene rings is 1. The molecule has 2 heteroatoms. The summed E-state index contributed by atoms with van der Waals surface area (Å²) in [5, 5.41) is 3.37. The number of nitrogens with one attached hydrogen (secondary N) is 1. The average Bonchev–Trinajstić information content (AvgIpc) is 2.31. The van der Waals surface area contributed by atoms with Crippen molar-refractivity contribution in [1.82, 2.24) is 5.32 Å². The molecular weight excluding hydrogens is 186 g/mol. The van der Waals surface area contributed by atoms with Crippen LogP contribution in [0, 0.1) is 0 Å². The van der Waals surface area contributed by atoms with Gasteiger partial charge in [0, 0.05) is 6.54 Å². The summed E-state index contributed by atoms with van der Waals surface area (Å²) in [7, 11) is 0. The predicted octanol–water partition coefficient (Wildman–Crippen LogP) is 2.38. The molecule has 15 heavy (non-hydrogen) atoms. The summed E-state index contributed by atoms with van der Waals surface area (Å²) in [4.78, 5) is 0. The van der Waals surface area contributed by atoms with E-state index in [9.17, 15) is 0 Å². The summed E-state index contributed by atoms with van der Waals surface area (Å²) in [5.41, 5.74) is 1.31. The minimum Gasteiger partial charge on any atom is -0.489 e. The number of aryl methyl sites for hydroxylation is 1. The van der Waals surface area contributed by atoms with Gasteiger partial charge in [0.25, 0.3) is 0 Å². The van der Waals surface area contributed by atoms with Crippen molar-refractivity contribution in [3.63, 3.8) is 0 Å². The van der Waals surface area contributed by atoms with E-state index in [4.69, 9.17) is 4.74 Å². The van der Waals surface area contributed by atoms with Gasteiger partial charge in [-0.25, -0.2) is 0 Å². The van der Waals surface area contributed by atoms with Gasteiger partial charge in [-0.1, -0.05) is 25.1 Å². The largest absolute Gasteiger partial charge is 0.489 e. The summed E-state index contributed by atoms with van der Waals surface area (Å²) < 4.78 is 6.01. The van der Waals surface area contributed by atoms with E-state index in [1.807, 2.05) is 6.07 Å². The zero-order valence-electron chi connectivity index (χ0n) is 9.33. The van der Waals surface area contributed by atoms with Crippen LogP contribution < -0.4 is 10.1 Å². The zero-order chi connectivity index (χ0) is 10.5. The molecule has 0 bridgehead atoms. The van der Waals surface area contributed by atoms with E-state index < -0.39 is 0 Å². The van der Waals surface area contributed by atoms with Crippen LogP contribution in [-0.4, -0.2) is 19.2 Å². The third-order valence-electron chi connectivity index (χ3n) is 2.90. The second-order valence-corrected chi connectivity index (χ2v) is 4.05. The molecule has 1 aliphatic heterocycles.